The van der Waals surface area contributed by atoms with Crippen LogP contribution >= 0.6 is 0 Å². The SMILES string of the molecule is CCOc1ccc(CC(=O)Nc2ccc3c(c2)N(C(C)=O)CCO3)cc1. The fraction of sp³-hybridized carbons (Fsp3) is 0.300. The number of fused-ring (bicyclic) bond motifs is 1. The van der Waals surface area contributed by atoms with Crippen molar-refractivity contribution in [2.45, 2.75) is 20.3 Å². The van der Waals surface area contributed by atoms with Gasteiger partial charge in [-0.1, -0.05) is 12.1 Å². The van der Waals surface area contributed by atoms with E-state index < -0.39 is 0 Å². The van der Waals surface area contributed by atoms with Gasteiger partial charge in [-0.2, -0.15) is 0 Å². The quantitative estimate of drug-likeness (QED) is 0.896. The summed E-state index contributed by atoms with van der Waals surface area (Å²) in [5, 5.41) is 2.88. The number of amides is 2. The Morgan fingerprint density at radius 3 is 2.65 bits per heavy atom. The van der Waals surface area contributed by atoms with Crippen molar-refractivity contribution in [3.05, 3.63) is 48.0 Å². The standard InChI is InChI=1S/C20H22N2O4/c1-3-25-17-7-4-15(5-8-17)12-20(24)21-16-6-9-19-18(13-16)22(14(2)23)10-11-26-19/h4-9,13H,3,10-12H2,1-2H3,(H,21,24). The zero-order valence-corrected chi connectivity index (χ0v) is 15.0. The Bertz CT molecular complexity index is 802. The van der Waals surface area contributed by atoms with E-state index in [1.165, 1.54) is 6.92 Å². The number of hydrogen-bond donors (Lipinski definition) is 1. The van der Waals surface area contributed by atoms with Crippen LogP contribution in [0.4, 0.5) is 11.4 Å². The number of rotatable bonds is 5. The molecule has 1 aliphatic heterocycles. The number of carbonyl (C=O) groups excluding carboxylic acids is 2. The molecule has 0 aliphatic carbocycles. The lowest BCUT2D eigenvalue weighted by atomic mass is 10.1. The third-order valence-corrected chi connectivity index (χ3v) is 4.09. The van der Waals surface area contributed by atoms with Crippen LogP contribution in [0.15, 0.2) is 42.5 Å². The van der Waals surface area contributed by atoms with Gasteiger partial charge in [0.1, 0.15) is 18.1 Å². The first-order valence-electron chi connectivity index (χ1n) is 8.63. The van der Waals surface area contributed by atoms with Crippen molar-refractivity contribution in [3.63, 3.8) is 0 Å². The molecule has 0 saturated carbocycles. The van der Waals surface area contributed by atoms with Crippen molar-refractivity contribution in [1.29, 1.82) is 0 Å². The number of ether oxygens (including phenoxy) is 2. The van der Waals surface area contributed by atoms with E-state index in [0.29, 0.717) is 36.9 Å². The molecule has 1 heterocycles. The van der Waals surface area contributed by atoms with Gasteiger partial charge in [0.05, 0.1) is 25.3 Å². The van der Waals surface area contributed by atoms with Gasteiger partial charge in [0.25, 0.3) is 0 Å². The van der Waals surface area contributed by atoms with Crippen LogP contribution in [-0.2, 0) is 16.0 Å². The maximum atomic E-state index is 12.3. The van der Waals surface area contributed by atoms with Gasteiger partial charge < -0.3 is 19.7 Å². The molecule has 0 atom stereocenters. The van der Waals surface area contributed by atoms with Gasteiger partial charge in [-0.3, -0.25) is 9.59 Å². The van der Waals surface area contributed by atoms with Gasteiger partial charge in [0, 0.05) is 12.6 Å². The van der Waals surface area contributed by atoms with E-state index >= 15 is 0 Å². The van der Waals surface area contributed by atoms with E-state index in [-0.39, 0.29) is 18.2 Å². The number of hydrogen-bond acceptors (Lipinski definition) is 4. The molecule has 2 aromatic carbocycles. The fourth-order valence-corrected chi connectivity index (χ4v) is 2.88. The zero-order chi connectivity index (χ0) is 18.5. The van der Waals surface area contributed by atoms with Crippen LogP contribution in [0, 0.1) is 0 Å². The topological polar surface area (TPSA) is 67.9 Å². The predicted molar refractivity (Wildman–Crippen MR) is 99.9 cm³/mol. The van der Waals surface area contributed by atoms with E-state index in [1.807, 2.05) is 31.2 Å². The Balaban J connectivity index is 1.67. The largest absolute Gasteiger partial charge is 0.494 e. The highest BCUT2D eigenvalue weighted by Gasteiger charge is 2.21. The molecule has 136 valence electrons. The highest BCUT2D eigenvalue weighted by molar-refractivity contribution is 5.97. The number of nitrogens with zero attached hydrogens (tertiary/aromatic N) is 1. The summed E-state index contributed by atoms with van der Waals surface area (Å²) < 4.78 is 11.0. The molecule has 1 N–H and O–H groups in total. The normalized spacial score (nSPS) is 12.8. The molecule has 0 fully saturated rings. The summed E-state index contributed by atoms with van der Waals surface area (Å²) >= 11 is 0. The molecule has 6 nitrogen and oxygen atoms in total. The molecular formula is C20H22N2O4. The molecular weight excluding hydrogens is 332 g/mol. The van der Waals surface area contributed by atoms with E-state index in [1.54, 1.807) is 23.1 Å². The average Bonchev–Trinajstić information content (AvgIpc) is 2.63. The van der Waals surface area contributed by atoms with E-state index in [9.17, 15) is 9.59 Å². The summed E-state index contributed by atoms with van der Waals surface area (Å²) in [6, 6.07) is 12.8. The second-order valence-electron chi connectivity index (χ2n) is 6.00. The summed E-state index contributed by atoms with van der Waals surface area (Å²) in [6.07, 6.45) is 0.260. The van der Waals surface area contributed by atoms with Gasteiger partial charge in [-0.05, 0) is 42.8 Å². The van der Waals surface area contributed by atoms with E-state index in [2.05, 4.69) is 5.32 Å². The van der Waals surface area contributed by atoms with Crippen LogP contribution in [0.5, 0.6) is 11.5 Å². The minimum atomic E-state index is -0.125. The molecule has 3 rings (SSSR count). The first kappa shape index (κ1) is 17.8. The van der Waals surface area contributed by atoms with Crippen molar-refractivity contribution in [2.24, 2.45) is 0 Å². The Hall–Kier alpha value is -3.02. The number of anilines is 2. The lowest BCUT2D eigenvalue weighted by Gasteiger charge is -2.29. The maximum absolute atomic E-state index is 12.3. The minimum absolute atomic E-state index is 0.0487. The Morgan fingerprint density at radius 1 is 1.19 bits per heavy atom. The zero-order valence-electron chi connectivity index (χ0n) is 15.0. The van der Waals surface area contributed by atoms with Crippen molar-refractivity contribution in [2.75, 3.05) is 30.0 Å². The van der Waals surface area contributed by atoms with Gasteiger partial charge in [-0.25, -0.2) is 0 Å². The molecule has 0 bridgehead atoms. The average molecular weight is 354 g/mol. The summed E-state index contributed by atoms with van der Waals surface area (Å²) in [5.41, 5.74) is 2.22. The first-order valence-corrected chi connectivity index (χ1v) is 8.63. The molecule has 0 spiro atoms. The highest BCUT2D eigenvalue weighted by atomic mass is 16.5. The minimum Gasteiger partial charge on any atom is -0.494 e. The second kappa shape index (κ2) is 7.91. The number of benzene rings is 2. The molecule has 2 amide bonds. The molecule has 1 aliphatic rings. The summed E-state index contributed by atoms with van der Waals surface area (Å²) in [4.78, 5) is 25.8. The van der Waals surface area contributed by atoms with Crippen LogP contribution in [-0.4, -0.2) is 31.6 Å². The van der Waals surface area contributed by atoms with Crippen LogP contribution in [0.1, 0.15) is 19.4 Å². The summed E-state index contributed by atoms with van der Waals surface area (Å²) in [5.74, 6) is 1.26. The van der Waals surface area contributed by atoms with Crippen LogP contribution in [0.2, 0.25) is 0 Å². The van der Waals surface area contributed by atoms with E-state index in [4.69, 9.17) is 9.47 Å². The van der Waals surface area contributed by atoms with Crippen LogP contribution < -0.4 is 19.7 Å². The lowest BCUT2D eigenvalue weighted by molar-refractivity contribution is -0.117. The molecule has 0 saturated heterocycles. The monoisotopic (exact) mass is 354 g/mol. The predicted octanol–water partition coefficient (Wildman–Crippen LogP) is 3.01. The van der Waals surface area contributed by atoms with Gasteiger partial charge >= 0.3 is 0 Å². The van der Waals surface area contributed by atoms with Crippen molar-refractivity contribution in [1.82, 2.24) is 0 Å². The van der Waals surface area contributed by atoms with Crippen molar-refractivity contribution < 1.29 is 19.1 Å². The number of carbonyl (C=O) groups is 2. The Labute approximate surface area is 152 Å². The fourth-order valence-electron chi connectivity index (χ4n) is 2.88. The molecule has 26 heavy (non-hydrogen) atoms. The molecule has 0 radical (unpaired) electrons. The van der Waals surface area contributed by atoms with Crippen molar-refractivity contribution >= 4 is 23.2 Å². The van der Waals surface area contributed by atoms with Crippen molar-refractivity contribution in [3.8, 4) is 11.5 Å². The molecule has 2 aromatic rings. The maximum Gasteiger partial charge on any atom is 0.228 e. The first-order chi connectivity index (χ1) is 12.6. The van der Waals surface area contributed by atoms with Gasteiger partial charge in [0.2, 0.25) is 11.8 Å². The highest BCUT2D eigenvalue weighted by Crippen LogP contribution is 2.34. The third kappa shape index (κ3) is 4.14. The van der Waals surface area contributed by atoms with Gasteiger partial charge in [-0.15, -0.1) is 0 Å². The second-order valence-corrected chi connectivity index (χ2v) is 6.00. The molecule has 0 aromatic heterocycles. The Morgan fingerprint density at radius 2 is 1.96 bits per heavy atom. The third-order valence-electron chi connectivity index (χ3n) is 4.09. The molecule has 6 heteroatoms. The van der Waals surface area contributed by atoms with E-state index in [0.717, 1.165) is 11.3 Å². The van der Waals surface area contributed by atoms with Crippen LogP contribution in [0.25, 0.3) is 0 Å². The van der Waals surface area contributed by atoms with Crippen LogP contribution in [0.3, 0.4) is 0 Å². The van der Waals surface area contributed by atoms with Gasteiger partial charge in [0.15, 0.2) is 0 Å². The molecule has 0 unspecified atom stereocenters. The summed E-state index contributed by atoms with van der Waals surface area (Å²) in [7, 11) is 0. The summed E-state index contributed by atoms with van der Waals surface area (Å²) in [6.45, 7) is 5.03. The number of nitrogens with one attached hydrogen (secondary N) is 1. The lowest BCUT2D eigenvalue weighted by Crippen LogP contribution is -2.36. The smallest absolute Gasteiger partial charge is 0.228 e. The Kier molecular flexibility index (Phi) is 5.41.